The number of piperazine rings is 1. The van der Waals surface area contributed by atoms with Crippen LogP contribution in [0.4, 0.5) is 5.69 Å². The third-order valence-electron chi connectivity index (χ3n) is 4.96. The van der Waals surface area contributed by atoms with Gasteiger partial charge in [-0.05, 0) is 36.8 Å². The van der Waals surface area contributed by atoms with Gasteiger partial charge in [0.1, 0.15) is 0 Å². The molecule has 0 bridgehead atoms. The first-order chi connectivity index (χ1) is 13.0. The lowest BCUT2D eigenvalue weighted by molar-refractivity contribution is 0.0124. The first-order valence-electron chi connectivity index (χ1n) is 9.57. The third-order valence-corrected chi connectivity index (χ3v) is 5.43. The van der Waals surface area contributed by atoms with Crippen LogP contribution in [0, 0.1) is 6.92 Å². The number of esters is 1. The van der Waals surface area contributed by atoms with Gasteiger partial charge >= 0.3 is 5.97 Å². The highest BCUT2D eigenvalue weighted by molar-refractivity contribution is 6.24. The summed E-state index contributed by atoms with van der Waals surface area (Å²) in [4.78, 5) is 15.1. The van der Waals surface area contributed by atoms with Crippen molar-refractivity contribution in [2.45, 2.75) is 31.7 Å². The van der Waals surface area contributed by atoms with Crippen LogP contribution in [0.3, 0.4) is 0 Å². The van der Waals surface area contributed by atoms with Crippen LogP contribution in [-0.2, 0) is 9.80 Å². The van der Waals surface area contributed by atoms with Gasteiger partial charge in [-0.1, -0.05) is 49.2 Å². The van der Waals surface area contributed by atoms with Gasteiger partial charge in [0, 0.05) is 43.9 Å². The van der Waals surface area contributed by atoms with E-state index < -0.39 is 11.0 Å². The fourth-order valence-corrected chi connectivity index (χ4v) is 3.96. The smallest absolute Gasteiger partial charge is 0.340 e. The van der Waals surface area contributed by atoms with Gasteiger partial charge in [-0.25, -0.2) is 4.79 Å². The molecule has 1 saturated heterocycles. The predicted molar refractivity (Wildman–Crippen MR) is 111 cm³/mol. The van der Waals surface area contributed by atoms with E-state index in [1.807, 2.05) is 62.4 Å². The van der Waals surface area contributed by atoms with E-state index in [2.05, 4.69) is 10.2 Å². The minimum atomic E-state index is -1.14. The van der Waals surface area contributed by atoms with Gasteiger partial charge in [0.2, 0.25) is 5.06 Å². The van der Waals surface area contributed by atoms with Gasteiger partial charge in [-0.2, -0.15) is 0 Å². The average molecular weight is 387 g/mol. The van der Waals surface area contributed by atoms with Crippen molar-refractivity contribution in [2.24, 2.45) is 0 Å². The third kappa shape index (κ3) is 4.63. The van der Waals surface area contributed by atoms with Crippen LogP contribution >= 0.6 is 11.6 Å². The summed E-state index contributed by atoms with van der Waals surface area (Å²) >= 11 is 6.81. The molecule has 1 fully saturated rings. The lowest BCUT2D eigenvalue weighted by Gasteiger charge is -2.30. The number of hydrogen-bond donors (Lipinski definition) is 1. The molecule has 27 heavy (non-hydrogen) atoms. The molecule has 0 amide bonds. The first kappa shape index (κ1) is 19.7. The van der Waals surface area contributed by atoms with E-state index >= 15 is 0 Å². The maximum atomic E-state index is 12.8. The molecule has 144 valence electrons. The van der Waals surface area contributed by atoms with Crippen LogP contribution in [0.2, 0.25) is 0 Å². The number of anilines is 1. The van der Waals surface area contributed by atoms with E-state index in [1.165, 1.54) is 0 Å². The minimum Gasteiger partial charge on any atom is -0.435 e. The van der Waals surface area contributed by atoms with Crippen molar-refractivity contribution in [1.82, 2.24) is 5.32 Å². The fourth-order valence-electron chi connectivity index (χ4n) is 3.49. The number of hydrogen-bond acceptors (Lipinski definition) is 4. The molecule has 0 aliphatic carbocycles. The number of alkyl halides is 1. The van der Waals surface area contributed by atoms with Crippen molar-refractivity contribution in [1.29, 1.82) is 0 Å². The van der Waals surface area contributed by atoms with Crippen LogP contribution in [0.1, 0.15) is 41.3 Å². The van der Waals surface area contributed by atoms with E-state index in [9.17, 15) is 4.79 Å². The van der Waals surface area contributed by atoms with Crippen molar-refractivity contribution < 1.29 is 9.53 Å². The summed E-state index contributed by atoms with van der Waals surface area (Å²) in [6.07, 6.45) is 1.37. The molecular weight excluding hydrogens is 360 g/mol. The molecule has 0 radical (unpaired) electrons. The lowest BCUT2D eigenvalue weighted by Crippen LogP contribution is -2.43. The van der Waals surface area contributed by atoms with E-state index in [0.717, 1.165) is 49.4 Å². The Hall–Kier alpha value is -2.04. The number of nitrogens with zero attached hydrogens (tertiary/aromatic N) is 1. The molecule has 0 saturated carbocycles. The van der Waals surface area contributed by atoms with E-state index in [0.29, 0.717) is 12.0 Å². The SMILES string of the molecule is CCCC(Cl)(OC(=O)c1ccc(N2CCNCC2)cc1)c1ccccc1C. The van der Waals surface area contributed by atoms with E-state index in [-0.39, 0.29) is 0 Å². The quantitative estimate of drug-likeness (QED) is 0.588. The van der Waals surface area contributed by atoms with Gasteiger partial charge in [-0.15, -0.1) is 0 Å². The van der Waals surface area contributed by atoms with Crippen LogP contribution in [0.5, 0.6) is 0 Å². The van der Waals surface area contributed by atoms with Crippen molar-refractivity contribution in [3.8, 4) is 0 Å². The second-order valence-electron chi connectivity index (χ2n) is 6.97. The molecule has 3 rings (SSSR count). The first-order valence-corrected chi connectivity index (χ1v) is 9.95. The van der Waals surface area contributed by atoms with Crippen molar-refractivity contribution in [3.05, 3.63) is 65.2 Å². The number of carbonyl (C=O) groups excluding carboxylic acids is 1. The summed E-state index contributed by atoms with van der Waals surface area (Å²) in [5.74, 6) is -0.395. The Balaban J connectivity index is 1.76. The van der Waals surface area contributed by atoms with Gasteiger partial charge in [-0.3, -0.25) is 0 Å². The molecule has 5 heteroatoms. The fraction of sp³-hybridized carbons (Fsp3) is 0.409. The summed E-state index contributed by atoms with van der Waals surface area (Å²) in [7, 11) is 0. The van der Waals surface area contributed by atoms with Crippen molar-refractivity contribution >= 4 is 23.3 Å². The Morgan fingerprint density at radius 2 is 1.81 bits per heavy atom. The molecule has 1 atom stereocenters. The Labute approximate surface area is 166 Å². The van der Waals surface area contributed by atoms with Gasteiger partial charge < -0.3 is 15.0 Å². The number of rotatable bonds is 6. The van der Waals surface area contributed by atoms with Crippen LogP contribution < -0.4 is 10.2 Å². The molecule has 2 aromatic rings. The zero-order valence-electron chi connectivity index (χ0n) is 16.0. The molecule has 0 spiro atoms. The Bertz CT molecular complexity index is 772. The summed E-state index contributed by atoms with van der Waals surface area (Å²) in [6, 6.07) is 15.4. The standard InChI is InChI=1S/C22H27ClN2O2/c1-3-12-22(23,20-7-5-4-6-17(20)2)27-21(26)18-8-10-19(11-9-18)25-15-13-24-14-16-25/h4-11,24H,3,12-16H2,1-2H3. The summed E-state index contributed by atoms with van der Waals surface area (Å²) < 4.78 is 5.82. The molecule has 2 aromatic carbocycles. The second-order valence-corrected chi connectivity index (χ2v) is 7.58. The zero-order chi connectivity index (χ0) is 19.3. The number of nitrogens with one attached hydrogen (secondary N) is 1. The number of ether oxygens (including phenoxy) is 1. The Kier molecular flexibility index (Phi) is 6.40. The molecule has 1 unspecified atom stereocenters. The minimum absolute atomic E-state index is 0.395. The molecule has 1 heterocycles. The zero-order valence-corrected chi connectivity index (χ0v) is 16.8. The molecule has 0 aromatic heterocycles. The summed E-state index contributed by atoms with van der Waals surface area (Å²) in [6.45, 7) is 7.92. The van der Waals surface area contributed by atoms with Crippen LogP contribution in [0.25, 0.3) is 0 Å². The monoisotopic (exact) mass is 386 g/mol. The normalized spacial score (nSPS) is 16.6. The Morgan fingerprint density at radius 1 is 1.15 bits per heavy atom. The molecule has 4 nitrogen and oxygen atoms in total. The Morgan fingerprint density at radius 3 is 2.44 bits per heavy atom. The van der Waals surface area contributed by atoms with Crippen molar-refractivity contribution in [2.75, 3.05) is 31.1 Å². The lowest BCUT2D eigenvalue weighted by atomic mass is 9.99. The van der Waals surface area contributed by atoms with Crippen LogP contribution in [-0.4, -0.2) is 32.1 Å². The maximum absolute atomic E-state index is 12.8. The predicted octanol–water partition coefficient (Wildman–Crippen LogP) is 4.45. The molecule has 1 aliphatic heterocycles. The topological polar surface area (TPSA) is 41.6 Å². The number of halogens is 1. The highest BCUT2D eigenvalue weighted by Crippen LogP contribution is 2.38. The van der Waals surface area contributed by atoms with Crippen LogP contribution in [0.15, 0.2) is 48.5 Å². The maximum Gasteiger partial charge on any atom is 0.340 e. The highest BCUT2D eigenvalue weighted by Gasteiger charge is 2.34. The number of benzene rings is 2. The largest absolute Gasteiger partial charge is 0.435 e. The molecule has 1 aliphatic rings. The number of aryl methyl sites for hydroxylation is 1. The van der Waals surface area contributed by atoms with E-state index in [1.54, 1.807) is 0 Å². The molecular formula is C22H27ClN2O2. The van der Waals surface area contributed by atoms with E-state index in [4.69, 9.17) is 16.3 Å². The van der Waals surface area contributed by atoms with Gasteiger partial charge in [0.25, 0.3) is 0 Å². The second kappa shape index (κ2) is 8.77. The summed E-state index contributed by atoms with van der Waals surface area (Å²) in [5, 5.41) is 2.20. The van der Waals surface area contributed by atoms with Gasteiger partial charge in [0.15, 0.2) is 0 Å². The highest BCUT2D eigenvalue weighted by atomic mass is 35.5. The van der Waals surface area contributed by atoms with Gasteiger partial charge in [0.05, 0.1) is 5.56 Å². The van der Waals surface area contributed by atoms with Crippen molar-refractivity contribution in [3.63, 3.8) is 0 Å². The average Bonchev–Trinajstić information content (AvgIpc) is 2.69. The number of carbonyl (C=O) groups is 1. The molecule has 1 N–H and O–H groups in total. The summed E-state index contributed by atoms with van der Waals surface area (Å²) in [5.41, 5.74) is 3.50.